The van der Waals surface area contributed by atoms with E-state index in [1.165, 1.54) is 70.2 Å². The van der Waals surface area contributed by atoms with Crippen LogP contribution in [-0.2, 0) is 6.42 Å². The van der Waals surface area contributed by atoms with E-state index in [1.807, 2.05) is 0 Å². The van der Waals surface area contributed by atoms with Crippen molar-refractivity contribution in [3.63, 3.8) is 0 Å². The van der Waals surface area contributed by atoms with E-state index in [-0.39, 0.29) is 0 Å². The molecule has 146 valence electrons. The van der Waals surface area contributed by atoms with Gasteiger partial charge in [0.05, 0.1) is 0 Å². The summed E-state index contributed by atoms with van der Waals surface area (Å²) in [4.78, 5) is 0. The van der Waals surface area contributed by atoms with Gasteiger partial charge in [0, 0.05) is 0 Å². The quantitative estimate of drug-likeness (QED) is 0.306. The van der Waals surface area contributed by atoms with Crippen LogP contribution in [0.15, 0.2) is 34.4 Å². The Balaban J connectivity index is 2.04. The van der Waals surface area contributed by atoms with Crippen LogP contribution in [-0.4, -0.2) is 24.9 Å². The summed E-state index contributed by atoms with van der Waals surface area (Å²) in [6.07, 6.45) is 10.8. The van der Waals surface area contributed by atoms with E-state index < -0.39 is 18.4 Å². The van der Waals surface area contributed by atoms with Gasteiger partial charge in [0.25, 0.3) is 0 Å². The number of aryl methyl sites for hydroxylation is 1. The van der Waals surface area contributed by atoms with Gasteiger partial charge in [0.2, 0.25) is 0 Å². The first kappa shape index (κ1) is 22.0. The van der Waals surface area contributed by atoms with E-state index in [4.69, 9.17) is 6.58 Å². The van der Waals surface area contributed by atoms with Crippen molar-refractivity contribution in [2.75, 3.05) is 6.54 Å². The summed E-state index contributed by atoms with van der Waals surface area (Å²) >= 11 is -2.27. The third kappa shape index (κ3) is 5.86. The third-order valence-corrected chi connectivity index (χ3v) is 22.5. The van der Waals surface area contributed by atoms with Crippen molar-refractivity contribution in [2.24, 2.45) is 0 Å². The van der Waals surface area contributed by atoms with Crippen LogP contribution in [0, 0.1) is 0 Å². The third-order valence-electron chi connectivity index (χ3n) is 6.47. The van der Waals surface area contributed by atoms with E-state index >= 15 is 0 Å². The molecule has 0 spiro atoms. The molecule has 0 fully saturated rings. The van der Waals surface area contributed by atoms with Gasteiger partial charge in [-0.05, 0) is 0 Å². The van der Waals surface area contributed by atoms with Crippen LogP contribution in [0.25, 0.3) is 0 Å². The van der Waals surface area contributed by atoms with Gasteiger partial charge in [-0.2, -0.15) is 0 Å². The zero-order valence-electron chi connectivity index (χ0n) is 17.6. The molecule has 0 saturated heterocycles. The number of hydrogen-bond acceptors (Lipinski definition) is 1. The molecule has 0 aromatic heterocycles. The van der Waals surface area contributed by atoms with Gasteiger partial charge in [-0.25, -0.2) is 0 Å². The van der Waals surface area contributed by atoms with Crippen molar-refractivity contribution >= 4 is 18.4 Å². The Morgan fingerprint density at radius 2 is 1.58 bits per heavy atom. The van der Waals surface area contributed by atoms with Crippen molar-refractivity contribution < 1.29 is 0 Å². The van der Waals surface area contributed by atoms with Crippen LogP contribution in [0.4, 0.5) is 0 Å². The SMILES string of the molecule is C=[C](CN[C@@H]1CCc2ccccc21)[Sn]([CH2]CCC)([CH2]CCC)[CH2]CCC. The molecule has 2 rings (SSSR count). The van der Waals surface area contributed by atoms with Gasteiger partial charge in [0.1, 0.15) is 0 Å². The number of rotatable bonds is 13. The van der Waals surface area contributed by atoms with Gasteiger partial charge in [-0.3, -0.25) is 0 Å². The van der Waals surface area contributed by atoms with Gasteiger partial charge in [0.15, 0.2) is 0 Å². The van der Waals surface area contributed by atoms with Crippen molar-refractivity contribution in [3.05, 3.63) is 45.6 Å². The van der Waals surface area contributed by atoms with Crippen LogP contribution in [0.3, 0.4) is 0 Å². The molecule has 0 unspecified atom stereocenters. The summed E-state index contributed by atoms with van der Waals surface area (Å²) in [5.74, 6) is 0. The predicted octanol–water partition coefficient (Wildman–Crippen LogP) is 7.21. The minimum absolute atomic E-state index is 0.551. The summed E-state index contributed by atoms with van der Waals surface area (Å²) in [5.41, 5.74) is 3.09. The van der Waals surface area contributed by atoms with Crippen LogP contribution in [0.2, 0.25) is 13.3 Å². The van der Waals surface area contributed by atoms with E-state index in [0.717, 1.165) is 6.54 Å². The molecule has 0 aliphatic heterocycles. The molecule has 0 bridgehead atoms. The monoisotopic (exact) mass is 463 g/mol. The standard InChI is InChI=1S/C12H14N.3C4H9.Sn/c1-2-9-13-12-8-7-10-5-3-4-6-11(10)12;3*1-3-4-2;/h3-6,12-13H,1,7-9H2;3*1,3-4H2,2H3;/t12-;;;;/m1..../s1. The molecule has 2 heteroatoms. The zero-order valence-corrected chi connectivity index (χ0v) is 20.4. The van der Waals surface area contributed by atoms with E-state index in [9.17, 15) is 0 Å². The van der Waals surface area contributed by atoms with Gasteiger partial charge in [-0.1, -0.05) is 0 Å². The van der Waals surface area contributed by atoms with E-state index in [2.05, 4.69) is 50.4 Å². The molecule has 1 nitrogen and oxygen atoms in total. The number of benzene rings is 1. The fraction of sp³-hybridized carbons (Fsp3) is 0.667. The maximum absolute atomic E-state index is 4.73. The first-order valence-corrected chi connectivity index (χ1v) is 18.6. The van der Waals surface area contributed by atoms with Crippen LogP contribution < -0.4 is 5.32 Å². The summed E-state index contributed by atoms with van der Waals surface area (Å²) < 4.78 is 6.28. The summed E-state index contributed by atoms with van der Waals surface area (Å²) in [7, 11) is 0. The molecule has 0 amide bonds. The Kier molecular flexibility index (Phi) is 9.77. The fourth-order valence-electron chi connectivity index (χ4n) is 4.65. The Hall–Kier alpha value is -0.281. The summed E-state index contributed by atoms with van der Waals surface area (Å²) in [6.45, 7) is 12.9. The van der Waals surface area contributed by atoms with E-state index in [1.54, 1.807) is 9.15 Å². The molecular weight excluding hydrogens is 421 g/mol. The molecular formula is C24H41NSn. The first-order chi connectivity index (χ1) is 12.7. The second-order valence-electron chi connectivity index (χ2n) is 8.37. The Labute approximate surface area is 166 Å². The van der Waals surface area contributed by atoms with E-state index in [0.29, 0.717) is 6.04 Å². The predicted molar refractivity (Wildman–Crippen MR) is 120 cm³/mol. The average Bonchev–Trinajstić information content (AvgIpc) is 3.09. The number of fused-ring (bicyclic) bond motifs is 1. The molecule has 1 N–H and O–H groups in total. The Bertz CT molecular complexity index is 529. The van der Waals surface area contributed by atoms with Gasteiger partial charge < -0.3 is 0 Å². The Morgan fingerprint density at radius 1 is 1.00 bits per heavy atom. The molecule has 1 aliphatic rings. The Morgan fingerprint density at radius 3 is 2.15 bits per heavy atom. The van der Waals surface area contributed by atoms with Crippen LogP contribution in [0.5, 0.6) is 0 Å². The maximum atomic E-state index is 4.73. The van der Waals surface area contributed by atoms with Crippen molar-refractivity contribution in [2.45, 2.75) is 91.5 Å². The molecule has 1 aromatic rings. The molecule has 0 heterocycles. The van der Waals surface area contributed by atoms with Crippen LogP contribution in [0.1, 0.15) is 82.9 Å². The topological polar surface area (TPSA) is 12.0 Å². The molecule has 0 saturated carbocycles. The van der Waals surface area contributed by atoms with Gasteiger partial charge in [-0.15, -0.1) is 0 Å². The molecule has 1 atom stereocenters. The van der Waals surface area contributed by atoms with Crippen molar-refractivity contribution in [1.82, 2.24) is 5.32 Å². The number of nitrogens with one attached hydrogen (secondary N) is 1. The van der Waals surface area contributed by atoms with Crippen LogP contribution >= 0.6 is 0 Å². The molecule has 26 heavy (non-hydrogen) atoms. The first-order valence-electron chi connectivity index (χ1n) is 11.2. The average molecular weight is 462 g/mol. The molecule has 1 aliphatic carbocycles. The number of hydrogen-bond donors (Lipinski definition) is 1. The normalized spacial score (nSPS) is 16.7. The summed E-state index contributed by atoms with van der Waals surface area (Å²) in [6, 6.07) is 9.56. The van der Waals surface area contributed by atoms with Gasteiger partial charge >= 0.3 is 167 Å². The zero-order chi connectivity index (χ0) is 18.8. The fourth-order valence-corrected chi connectivity index (χ4v) is 20.0. The van der Waals surface area contributed by atoms with Crippen molar-refractivity contribution in [1.29, 1.82) is 0 Å². The minimum atomic E-state index is -2.27. The molecule has 1 aromatic carbocycles. The second-order valence-corrected chi connectivity index (χ2v) is 22.0. The summed E-state index contributed by atoms with van der Waals surface area (Å²) in [5, 5.41) is 3.93. The number of unbranched alkanes of at least 4 members (excludes halogenated alkanes) is 3. The second kappa shape index (κ2) is 11.5. The molecule has 0 radical (unpaired) electrons. The van der Waals surface area contributed by atoms with Crippen molar-refractivity contribution in [3.8, 4) is 0 Å².